The fourth-order valence-corrected chi connectivity index (χ4v) is 2.32. The molecular formula is C9H12O3. The van der Waals surface area contributed by atoms with E-state index in [0.717, 1.165) is 6.42 Å². The summed E-state index contributed by atoms with van der Waals surface area (Å²) in [6.07, 6.45) is 1.54. The van der Waals surface area contributed by atoms with Crippen molar-refractivity contribution >= 4 is 11.8 Å². The molecule has 66 valence electrons. The molecule has 1 N–H and O–H groups in total. The fraction of sp³-hybridized carbons (Fsp3) is 0.778. The number of ketones is 1. The smallest absolute Gasteiger partial charge is 0.310 e. The van der Waals surface area contributed by atoms with Crippen molar-refractivity contribution in [1.29, 1.82) is 0 Å². The van der Waals surface area contributed by atoms with Gasteiger partial charge < -0.3 is 5.11 Å². The largest absolute Gasteiger partial charge is 0.481 e. The Kier molecular flexibility index (Phi) is 1.35. The van der Waals surface area contributed by atoms with Gasteiger partial charge in [0.2, 0.25) is 0 Å². The topological polar surface area (TPSA) is 54.4 Å². The molecule has 3 nitrogen and oxygen atoms in total. The molecule has 0 saturated heterocycles. The fourth-order valence-electron chi connectivity index (χ4n) is 2.32. The van der Waals surface area contributed by atoms with Crippen molar-refractivity contribution in [3.05, 3.63) is 0 Å². The second-order valence-corrected chi connectivity index (χ2v) is 4.17. The Morgan fingerprint density at radius 2 is 2.08 bits per heavy atom. The van der Waals surface area contributed by atoms with Gasteiger partial charge in [-0.2, -0.15) is 0 Å². The van der Waals surface area contributed by atoms with E-state index in [2.05, 4.69) is 6.92 Å². The zero-order chi connectivity index (χ0) is 8.93. The van der Waals surface area contributed by atoms with Crippen LogP contribution in [0.2, 0.25) is 0 Å². The molecule has 0 spiro atoms. The molecule has 2 fully saturated rings. The van der Waals surface area contributed by atoms with Gasteiger partial charge in [0.1, 0.15) is 5.78 Å². The van der Waals surface area contributed by atoms with E-state index in [1.54, 1.807) is 0 Å². The molecule has 2 saturated carbocycles. The highest BCUT2D eigenvalue weighted by atomic mass is 16.4. The quantitative estimate of drug-likeness (QED) is 0.671. The molecule has 2 unspecified atom stereocenters. The first-order valence-electron chi connectivity index (χ1n) is 4.31. The second-order valence-electron chi connectivity index (χ2n) is 4.17. The number of carbonyl (C=O) groups is 2. The minimum atomic E-state index is -0.767. The molecule has 2 aliphatic carbocycles. The van der Waals surface area contributed by atoms with Crippen LogP contribution in [0.4, 0.5) is 0 Å². The van der Waals surface area contributed by atoms with Gasteiger partial charge in [-0.05, 0) is 18.3 Å². The van der Waals surface area contributed by atoms with Crippen LogP contribution in [0, 0.1) is 17.3 Å². The third-order valence-corrected chi connectivity index (χ3v) is 3.27. The van der Waals surface area contributed by atoms with Crippen molar-refractivity contribution in [2.45, 2.75) is 26.2 Å². The average molecular weight is 168 g/mol. The number of hydrogen-bond acceptors (Lipinski definition) is 2. The third-order valence-electron chi connectivity index (χ3n) is 3.27. The molecular weight excluding hydrogens is 156 g/mol. The van der Waals surface area contributed by atoms with E-state index in [1.807, 2.05) is 0 Å². The summed E-state index contributed by atoms with van der Waals surface area (Å²) in [5.41, 5.74) is -0.656. The lowest BCUT2D eigenvalue weighted by Crippen LogP contribution is -2.46. The highest BCUT2D eigenvalue weighted by Gasteiger charge is 2.61. The summed E-state index contributed by atoms with van der Waals surface area (Å²) in [6, 6.07) is 0. The number of carboxylic acids is 1. The van der Waals surface area contributed by atoms with Gasteiger partial charge in [-0.25, -0.2) is 0 Å². The first-order valence-corrected chi connectivity index (χ1v) is 4.31. The van der Waals surface area contributed by atoms with E-state index in [0.29, 0.717) is 5.92 Å². The summed E-state index contributed by atoms with van der Waals surface area (Å²) in [4.78, 5) is 21.7. The van der Waals surface area contributed by atoms with E-state index in [4.69, 9.17) is 5.11 Å². The van der Waals surface area contributed by atoms with Crippen LogP contribution >= 0.6 is 0 Å². The Morgan fingerprint density at radius 1 is 1.58 bits per heavy atom. The lowest BCUT2D eigenvalue weighted by Gasteiger charge is -2.36. The number of hydrogen-bond donors (Lipinski definition) is 1. The normalized spacial score (nSPS) is 37.2. The van der Waals surface area contributed by atoms with E-state index in [1.165, 1.54) is 0 Å². The molecule has 0 aromatic rings. The molecule has 0 radical (unpaired) electrons. The summed E-state index contributed by atoms with van der Waals surface area (Å²) in [5, 5.41) is 8.98. The van der Waals surface area contributed by atoms with Crippen molar-refractivity contribution in [2.24, 2.45) is 17.3 Å². The van der Waals surface area contributed by atoms with Gasteiger partial charge in [-0.15, -0.1) is 0 Å². The van der Waals surface area contributed by atoms with Gasteiger partial charge in [0, 0.05) is 12.8 Å². The number of Topliss-reactive ketones (excluding diaryl/α,β-unsaturated/α-hetero) is 1. The minimum Gasteiger partial charge on any atom is -0.481 e. The third kappa shape index (κ3) is 0.822. The van der Waals surface area contributed by atoms with Crippen LogP contribution in [0.15, 0.2) is 0 Å². The van der Waals surface area contributed by atoms with Gasteiger partial charge in [0.25, 0.3) is 0 Å². The maximum Gasteiger partial charge on any atom is 0.310 e. The lowest BCUT2D eigenvalue weighted by molar-refractivity contribution is -0.163. The minimum absolute atomic E-state index is 0.108. The summed E-state index contributed by atoms with van der Waals surface area (Å²) < 4.78 is 0. The second kappa shape index (κ2) is 2.09. The number of rotatable bonds is 2. The zero-order valence-electron chi connectivity index (χ0n) is 7.04. The lowest BCUT2D eigenvalue weighted by atomic mass is 9.64. The predicted molar refractivity (Wildman–Crippen MR) is 41.6 cm³/mol. The van der Waals surface area contributed by atoms with E-state index in [9.17, 15) is 9.59 Å². The van der Waals surface area contributed by atoms with Crippen LogP contribution in [-0.2, 0) is 9.59 Å². The van der Waals surface area contributed by atoms with Crippen molar-refractivity contribution in [1.82, 2.24) is 0 Å². The molecule has 3 heteroatoms. The zero-order valence-corrected chi connectivity index (χ0v) is 7.04. The summed E-state index contributed by atoms with van der Waals surface area (Å²) >= 11 is 0. The van der Waals surface area contributed by atoms with Gasteiger partial charge >= 0.3 is 5.97 Å². The predicted octanol–water partition coefficient (Wildman–Crippen LogP) is 1.08. The van der Waals surface area contributed by atoms with Gasteiger partial charge in [-0.1, -0.05) is 6.92 Å². The van der Waals surface area contributed by atoms with Gasteiger partial charge in [0.15, 0.2) is 0 Å². The van der Waals surface area contributed by atoms with Crippen molar-refractivity contribution in [3.63, 3.8) is 0 Å². The van der Waals surface area contributed by atoms with Crippen LogP contribution in [-0.4, -0.2) is 16.9 Å². The van der Waals surface area contributed by atoms with Crippen molar-refractivity contribution < 1.29 is 14.7 Å². The Balaban J connectivity index is 2.14. The highest BCUT2D eigenvalue weighted by Crippen LogP contribution is 2.58. The monoisotopic (exact) mass is 168 g/mol. The first-order chi connectivity index (χ1) is 5.56. The Bertz CT molecular complexity index is 248. The maximum absolute atomic E-state index is 10.9. The average Bonchev–Trinajstić information content (AvgIpc) is 2.59. The van der Waals surface area contributed by atoms with Gasteiger partial charge in [0.05, 0.1) is 5.41 Å². The van der Waals surface area contributed by atoms with Crippen LogP contribution in [0.3, 0.4) is 0 Å². The SMILES string of the molecule is CC1CC1C1(C(=O)O)CC(=O)C1. The van der Waals surface area contributed by atoms with E-state index < -0.39 is 11.4 Å². The summed E-state index contributed by atoms with van der Waals surface area (Å²) in [7, 11) is 0. The van der Waals surface area contributed by atoms with E-state index in [-0.39, 0.29) is 24.5 Å². The molecule has 0 heterocycles. The van der Waals surface area contributed by atoms with Crippen molar-refractivity contribution in [2.75, 3.05) is 0 Å². The van der Waals surface area contributed by atoms with E-state index >= 15 is 0 Å². The van der Waals surface area contributed by atoms with Crippen LogP contribution in [0.25, 0.3) is 0 Å². The number of aliphatic carboxylic acids is 1. The molecule has 2 rings (SSSR count). The van der Waals surface area contributed by atoms with Crippen molar-refractivity contribution in [3.8, 4) is 0 Å². The molecule has 2 atom stereocenters. The summed E-state index contributed by atoms with van der Waals surface area (Å²) in [6.45, 7) is 2.05. The molecule has 0 aromatic heterocycles. The Hall–Kier alpha value is -0.860. The molecule has 0 aliphatic heterocycles. The summed E-state index contributed by atoms with van der Waals surface area (Å²) in [5.74, 6) is 0.120. The van der Waals surface area contributed by atoms with Crippen LogP contribution in [0.1, 0.15) is 26.2 Å². The van der Waals surface area contributed by atoms with Crippen LogP contribution in [0.5, 0.6) is 0 Å². The molecule has 0 amide bonds. The van der Waals surface area contributed by atoms with Gasteiger partial charge in [-0.3, -0.25) is 9.59 Å². The number of carboxylic acid groups (broad SMARTS) is 1. The standard InChI is InChI=1S/C9H12O3/c1-5-2-7(5)9(8(11)12)3-6(10)4-9/h5,7H,2-4H2,1H3,(H,11,12). The highest BCUT2D eigenvalue weighted by molar-refractivity contribution is 5.97. The Morgan fingerprint density at radius 3 is 2.33 bits per heavy atom. The Labute approximate surface area is 70.8 Å². The maximum atomic E-state index is 10.9. The molecule has 0 bridgehead atoms. The first kappa shape index (κ1) is 7.77. The molecule has 0 aromatic carbocycles. The molecule has 2 aliphatic rings. The number of carbonyl (C=O) groups excluding carboxylic acids is 1. The van der Waals surface area contributed by atoms with Crippen LogP contribution < -0.4 is 0 Å². The molecule has 12 heavy (non-hydrogen) atoms.